The summed E-state index contributed by atoms with van der Waals surface area (Å²) in [5, 5.41) is 5.92. The third-order valence-corrected chi connectivity index (χ3v) is 1.92. The third-order valence-electron chi connectivity index (χ3n) is 1.92. The van der Waals surface area contributed by atoms with E-state index in [9.17, 15) is 4.79 Å². The second-order valence-corrected chi connectivity index (χ2v) is 6.44. The van der Waals surface area contributed by atoms with Crippen LogP contribution in [-0.2, 0) is 0 Å². The lowest BCUT2D eigenvalue weighted by Gasteiger charge is -2.25. The lowest BCUT2D eigenvalue weighted by molar-refractivity contribution is 0.0948. The molecule has 0 aliphatic rings. The monoisotopic (exact) mass is 265 g/mol. The summed E-state index contributed by atoms with van der Waals surface area (Å²) in [6.07, 6.45) is 1.46. The van der Waals surface area contributed by atoms with Crippen molar-refractivity contribution < 1.29 is 9.21 Å². The molecule has 0 saturated carbocycles. The minimum atomic E-state index is -0.315. The zero-order valence-electron chi connectivity index (χ0n) is 12.5. The van der Waals surface area contributed by atoms with Crippen molar-refractivity contribution in [3.8, 4) is 0 Å². The quantitative estimate of drug-likeness (QED) is 0.605. The van der Waals surface area contributed by atoms with E-state index in [4.69, 9.17) is 4.42 Å². The van der Waals surface area contributed by atoms with E-state index in [-0.39, 0.29) is 22.7 Å². The highest BCUT2D eigenvalue weighted by atomic mass is 16.3. The molecule has 5 nitrogen and oxygen atoms in total. The molecule has 1 rings (SSSR count). The summed E-state index contributed by atoms with van der Waals surface area (Å²) in [4.78, 5) is 16.4. The van der Waals surface area contributed by atoms with E-state index in [1.54, 1.807) is 12.1 Å². The number of carbonyl (C=O) groups excluding carboxylic acids is 1. The Kier molecular flexibility index (Phi) is 4.39. The average molecular weight is 265 g/mol. The number of nitrogens with one attached hydrogen (secondary N) is 2. The van der Waals surface area contributed by atoms with E-state index in [1.807, 2.05) is 41.5 Å². The molecule has 0 atom stereocenters. The van der Waals surface area contributed by atoms with Crippen molar-refractivity contribution >= 4 is 11.9 Å². The normalized spacial score (nSPS) is 13.3. The molecule has 1 heterocycles. The Hall–Kier alpha value is -1.78. The predicted octanol–water partition coefficient (Wildman–Crippen LogP) is 2.55. The maximum absolute atomic E-state index is 12.0. The molecule has 0 bridgehead atoms. The molecule has 5 heteroatoms. The number of aliphatic imine (C=N–C) groups is 1. The zero-order valence-corrected chi connectivity index (χ0v) is 12.5. The molecular formula is C14H23N3O2. The largest absolute Gasteiger partial charge is 0.459 e. The average Bonchev–Trinajstić information content (AvgIpc) is 2.63. The molecular weight excluding hydrogens is 242 g/mol. The van der Waals surface area contributed by atoms with Crippen LogP contribution in [0.1, 0.15) is 52.1 Å². The minimum Gasteiger partial charge on any atom is -0.459 e. The van der Waals surface area contributed by atoms with E-state index in [0.29, 0.717) is 5.96 Å². The third kappa shape index (κ3) is 6.08. The summed E-state index contributed by atoms with van der Waals surface area (Å²) >= 11 is 0. The Morgan fingerprint density at radius 3 is 2.26 bits per heavy atom. The number of amides is 1. The van der Waals surface area contributed by atoms with Gasteiger partial charge >= 0.3 is 0 Å². The Morgan fingerprint density at radius 1 is 1.21 bits per heavy atom. The van der Waals surface area contributed by atoms with Crippen molar-refractivity contribution in [1.82, 2.24) is 10.6 Å². The van der Waals surface area contributed by atoms with Gasteiger partial charge in [-0.05, 0) is 53.7 Å². The molecule has 1 aromatic rings. The van der Waals surface area contributed by atoms with Gasteiger partial charge in [0.05, 0.1) is 11.8 Å². The molecule has 0 radical (unpaired) electrons. The molecule has 0 fully saturated rings. The fourth-order valence-corrected chi connectivity index (χ4v) is 1.35. The highest BCUT2D eigenvalue weighted by Gasteiger charge is 2.19. The molecule has 0 saturated heterocycles. The van der Waals surface area contributed by atoms with E-state index in [1.165, 1.54) is 6.26 Å². The Morgan fingerprint density at radius 2 is 1.84 bits per heavy atom. The first-order valence-corrected chi connectivity index (χ1v) is 6.30. The molecule has 19 heavy (non-hydrogen) atoms. The van der Waals surface area contributed by atoms with Gasteiger partial charge in [-0.1, -0.05) is 0 Å². The highest BCUT2D eigenvalue weighted by Crippen LogP contribution is 2.08. The van der Waals surface area contributed by atoms with E-state index >= 15 is 0 Å². The molecule has 0 aromatic carbocycles. The Labute approximate surface area is 114 Å². The summed E-state index contributed by atoms with van der Waals surface area (Å²) in [5.74, 6) is 0.392. The highest BCUT2D eigenvalue weighted by molar-refractivity contribution is 6.04. The van der Waals surface area contributed by atoms with Gasteiger partial charge in [0.15, 0.2) is 11.7 Å². The molecule has 2 N–H and O–H groups in total. The van der Waals surface area contributed by atoms with Gasteiger partial charge in [-0.2, -0.15) is 0 Å². The predicted molar refractivity (Wildman–Crippen MR) is 76.3 cm³/mol. The van der Waals surface area contributed by atoms with Gasteiger partial charge in [0.2, 0.25) is 0 Å². The number of rotatable bonds is 1. The molecule has 0 aliphatic heterocycles. The van der Waals surface area contributed by atoms with Gasteiger partial charge in [0.25, 0.3) is 5.91 Å². The van der Waals surface area contributed by atoms with Crippen molar-refractivity contribution in [3.05, 3.63) is 24.2 Å². The van der Waals surface area contributed by atoms with E-state index in [2.05, 4.69) is 15.6 Å². The number of nitrogens with zero attached hydrogens (tertiary/aromatic N) is 1. The molecule has 1 aromatic heterocycles. The molecule has 0 aliphatic carbocycles. The van der Waals surface area contributed by atoms with Gasteiger partial charge < -0.3 is 9.73 Å². The van der Waals surface area contributed by atoms with Crippen LogP contribution in [-0.4, -0.2) is 22.9 Å². The van der Waals surface area contributed by atoms with Crippen LogP contribution in [0.4, 0.5) is 0 Å². The van der Waals surface area contributed by atoms with Crippen molar-refractivity contribution in [1.29, 1.82) is 0 Å². The van der Waals surface area contributed by atoms with Gasteiger partial charge in [0, 0.05) is 5.54 Å². The second kappa shape index (κ2) is 5.47. The number of guanidine groups is 1. The fourth-order valence-electron chi connectivity index (χ4n) is 1.35. The fraction of sp³-hybridized carbons (Fsp3) is 0.571. The van der Waals surface area contributed by atoms with Crippen LogP contribution in [0.2, 0.25) is 0 Å². The number of hydrogen-bond donors (Lipinski definition) is 2. The molecule has 1 amide bonds. The number of furan rings is 1. The molecule has 106 valence electrons. The van der Waals surface area contributed by atoms with Crippen LogP contribution < -0.4 is 10.6 Å². The van der Waals surface area contributed by atoms with E-state index in [0.717, 1.165) is 0 Å². The topological polar surface area (TPSA) is 66.6 Å². The van der Waals surface area contributed by atoms with Crippen molar-refractivity contribution in [2.45, 2.75) is 52.6 Å². The van der Waals surface area contributed by atoms with Gasteiger partial charge in [-0.3, -0.25) is 10.1 Å². The maximum Gasteiger partial charge on any atom is 0.293 e. The van der Waals surface area contributed by atoms with Crippen LogP contribution in [0.25, 0.3) is 0 Å². The lowest BCUT2D eigenvalue weighted by Crippen LogP contribution is -2.50. The Bertz CT molecular complexity index is 448. The van der Waals surface area contributed by atoms with Crippen LogP contribution in [0.3, 0.4) is 0 Å². The van der Waals surface area contributed by atoms with Gasteiger partial charge in [-0.25, -0.2) is 4.99 Å². The Balaban J connectivity index is 2.87. The summed E-state index contributed by atoms with van der Waals surface area (Å²) < 4.78 is 5.06. The van der Waals surface area contributed by atoms with Crippen molar-refractivity contribution in [2.75, 3.05) is 0 Å². The molecule has 0 spiro atoms. The second-order valence-electron chi connectivity index (χ2n) is 6.44. The first-order valence-electron chi connectivity index (χ1n) is 6.30. The zero-order chi connectivity index (χ0) is 14.7. The number of hydrogen-bond acceptors (Lipinski definition) is 3. The standard InChI is InChI=1S/C14H23N3O2/c1-13(2,3)16-12(17-14(4,5)6)15-11(18)10-8-7-9-19-10/h7-9H,1-6H3,(H2,15,16,17,18). The van der Waals surface area contributed by atoms with E-state index < -0.39 is 0 Å². The summed E-state index contributed by atoms with van der Waals surface area (Å²) in [7, 11) is 0. The SMILES string of the molecule is CC(C)(C)N=C(NC(=O)c1ccco1)NC(C)(C)C. The minimum absolute atomic E-state index is 0.194. The number of carbonyl (C=O) groups is 1. The summed E-state index contributed by atoms with van der Waals surface area (Å²) in [5.41, 5.74) is -0.482. The van der Waals surface area contributed by atoms with Gasteiger partial charge in [0.1, 0.15) is 0 Å². The molecule has 0 unspecified atom stereocenters. The smallest absolute Gasteiger partial charge is 0.293 e. The van der Waals surface area contributed by atoms with Crippen LogP contribution in [0.5, 0.6) is 0 Å². The van der Waals surface area contributed by atoms with Crippen LogP contribution in [0.15, 0.2) is 27.8 Å². The van der Waals surface area contributed by atoms with Crippen molar-refractivity contribution in [3.63, 3.8) is 0 Å². The van der Waals surface area contributed by atoms with Crippen molar-refractivity contribution in [2.24, 2.45) is 4.99 Å². The van der Waals surface area contributed by atoms with Crippen LogP contribution >= 0.6 is 0 Å². The summed E-state index contributed by atoms with van der Waals surface area (Å²) in [6, 6.07) is 3.29. The summed E-state index contributed by atoms with van der Waals surface area (Å²) in [6.45, 7) is 11.9. The lowest BCUT2D eigenvalue weighted by atomic mass is 10.1. The maximum atomic E-state index is 12.0. The van der Waals surface area contributed by atoms with Gasteiger partial charge in [-0.15, -0.1) is 0 Å². The van der Waals surface area contributed by atoms with Crippen LogP contribution in [0, 0.1) is 0 Å². The first-order chi connectivity index (χ1) is 8.57. The first kappa shape index (κ1) is 15.3.